The number of aromatic nitrogens is 1. The van der Waals surface area contributed by atoms with Gasteiger partial charge in [0.2, 0.25) is 0 Å². The van der Waals surface area contributed by atoms with Crippen LogP contribution >= 0.6 is 0 Å². The highest BCUT2D eigenvalue weighted by Gasteiger charge is 2.44. The van der Waals surface area contributed by atoms with E-state index in [2.05, 4.69) is 40.5 Å². The number of aromatic amines is 1. The predicted molar refractivity (Wildman–Crippen MR) is 124 cm³/mol. The molecule has 2 aliphatic rings. The van der Waals surface area contributed by atoms with Gasteiger partial charge in [-0.3, -0.25) is 19.7 Å². The number of piperidine rings is 1. The van der Waals surface area contributed by atoms with Gasteiger partial charge in [-0.15, -0.1) is 0 Å². The number of likely N-dealkylation sites (tertiary alicyclic amines) is 1. The van der Waals surface area contributed by atoms with Crippen molar-refractivity contribution in [2.24, 2.45) is 0 Å². The number of fused-ring (bicyclic) bond motifs is 2. The minimum atomic E-state index is -0.781. The first-order valence-corrected chi connectivity index (χ1v) is 11.1. The Labute approximate surface area is 191 Å². The second-order valence-corrected chi connectivity index (χ2v) is 8.66. The van der Waals surface area contributed by atoms with Crippen molar-refractivity contribution in [1.82, 2.24) is 20.7 Å². The van der Waals surface area contributed by atoms with Gasteiger partial charge in [0.05, 0.1) is 12.1 Å². The Morgan fingerprint density at radius 1 is 1.30 bits per heavy atom. The fourth-order valence-corrected chi connectivity index (χ4v) is 4.84. The monoisotopic (exact) mass is 446 g/mol. The summed E-state index contributed by atoms with van der Waals surface area (Å²) in [6, 6.07) is 13.6. The molecule has 5 rings (SSSR count). The van der Waals surface area contributed by atoms with E-state index in [4.69, 9.17) is 9.94 Å². The van der Waals surface area contributed by atoms with Crippen molar-refractivity contribution in [3.63, 3.8) is 0 Å². The Morgan fingerprint density at radius 3 is 3.00 bits per heavy atom. The number of hydrogen-bond donors (Lipinski definition) is 4. The van der Waals surface area contributed by atoms with E-state index < -0.39 is 11.6 Å². The Balaban J connectivity index is 1.37. The first kappa shape index (κ1) is 21.2. The molecule has 1 spiro atoms. The maximum absolute atomic E-state index is 13.0. The lowest BCUT2D eigenvalue weighted by Crippen LogP contribution is -2.64. The van der Waals surface area contributed by atoms with Crippen molar-refractivity contribution in [3.05, 3.63) is 71.4 Å². The van der Waals surface area contributed by atoms with Crippen molar-refractivity contribution in [3.8, 4) is 5.75 Å². The van der Waals surface area contributed by atoms with Gasteiger partial charge in [0.25, 0.3) is 11.8 Å². The Morgan fingerprint density at radius 2 is 2.15 bits per heavy atom. The van der Waals surface area contributed by atoms with Gasteiger partial charge in [-0.2, -0.15) is 0 Å². The summed E-state index contributed by atoms with van der Waals surface area (Å²) >= 11 is 0. The van der Waals surface area contributed by atoms with E-state index in [0.717, 1.165) is 24.9 Å². The molecule has 33 heavy (non-hydrogen) atoms. The van der Waals surface area contributed by atoms with Crippen LogP contribution in [-0.2, 0) is 4.79 Å². The van der Waals surface area contributed by atoms with Crippen LogP contribution in [0, 0.1) is 0 Å². The van der Waals surface area contributed by atoms with Crippen molar-refractivity contribution in [2.45, 2.75) is 31.5 Å². The van der Waals surface area contributed by atoms with Gasteiger partial charge in [0.15, 0.2) is 5.72 Å². The van der Waals surface area contributed by atoms with Gasteiger partial charge in [0, 0.05) is 35.6 Å². The fourth-order valence-electron chi connectivity index (χ4n) is 4.84. The first-order chi connectivity index (χ1) is 16.0. The molecule has 1 aromatic heterocycles. The van der Waals surface area contributed by atoms with Gasteiger partial charge in [-0.25, -0.2) is 5.48 Å². The minimum absolute atomic E-state index is 0.158. The van der Waals surface area contributed by atoms with Crippen molar-refractivity contribution in [2.75, 3.05) is 13.1 Å². The zero-order chi connectivity index (χ0) is 23.0. The van der Waals surface area contributed by atoms with Crippen LogP contribution < -0.4 is 15.5 Å². The van der Waals surface area contributed by atoms with E-state index in [9.17, 15) is 9.59 Å². The van der Waals surface area contributed by atoms with Gasteiger partial charge in [-0.05, 0) is 55.3 Å². The number of benzene rings is 2. The number of H-pyrrole nitrogens is 1. The number of hydroxylamine groups is 1. The van der Waals surface area contributed by atoms with E-state index in [1.165, 1.54) is 23.1 Å². The summed E-state index contributed by atoms with van der Waals surface area (Å²) in [7, 11) is 0. The topological polar surface area (TPSA) is 107 Å². The smallest absolute Gasteiger partial charge is 0.267 e. The van der Waals surface area contributed by atoms with Crippen molar-refractivity contribution in [1.29, 1.82) is 0 Å². The molecular formula is C25H26N4O4. The molecule has 170 valence electrons. The lowest BCUT2D eigenvalue weighted by atomic mass is 9.95. The fraction of sp³-hybridized carbons (Fsp3) is 0.280. The summed E-state index contributed by atoms with van der Waals surface area (Å²) in [6.45, 7) is 3.69. The number of carbonyl (C=O) groups is 2. The van der Waals surface area contributed by atoms with Gasteiger partial charge < -0.3 is 15.0 Å². The van der Waals surface area contributed by atoms with Crippen LogP contribution in [0.1, 0.15) is 47.3 Å². The molecule has 8 heteroatoms. The molecule has 0 bridgehead atoms. The van der Waals surface area contributed by atoms with Gasteiger partial charge in [-0.1, -0.05) is 24.3 Å². The standard InChI is InChI=1S/C25H26N4O4/c1-16(20-14-26-21-6-3-2-5-18(20)21)29-12-4-11-25(15-29)27-24(31)19-13-17(7-9-22(19)33-25)8-10-23(30)28-32/h2-3,5-10,13-14,16,26,32H,4,11-12,15H2,1H3,(H,27,31)(H,28,30)/b10-8+. The Bertz CT molecular complexity index is 1250. The highest BCUT2D eigenvalue weighted by molar-refractivity contribution is 5.99. The molecule has 2 aromatic carbocycles. The highest BCUT2D eigenvalue weighted by Crippen LogP contribution is 2.37. The number of carbonyl (C=O) groups excluding carboxylic acids is 2. The summed E-state index contributed by atoms with van der Waals surface area (Å²) in [5.74, 6) is -0.303. The predicted octanol–water partition coefficient (Wildman–Crippen LogP) is 3.36. The number of para-hydroxylation sites is 1. The summed E-state index contributed by atoms with van der Waals surface area (Å²) in [6.07, 6.45) is 6.41. The molecule has 8 nitrogen and oxygen atoms in total. The van der Waals surface area contributed by atoms with Crippen molar-refractivity contribution >= 4 is 28.8 Å². The molecule has 0 radical (unpaired) electrons. The van der Waals surface area contributed by atoms with E-state index >= 15 is 0 Å². The molecule has 2 atom stereocenters. The molecule has 4 N–H and O–H groups in total. The molecule has 0 aliphatic carbocycles. The summed E-state index contributed by atoms with van der Waals surface area (Å²) < 4.78 is 6.39. The van der Waals surface area contributed by atoms with E-state index in [1.54, 1.807) is 23.7 Å². The summed E-state index contributed by atoms with van der Waals surface area (Å²) in [5, 5.41) is 12.9. The average molecular weight is 447 g/mol. The maximum Gasteiger partial charge on any atom is 0.267 e. The Kier molecular flexibility index (Phi) is 5.39. The molecule has 3 heterocycles. The largest absolute Gasteiger partial charge is 0.466 e. The maximum atomic E-state index is 13.0. The third kappa shape index (κ3) is 3.99. The van der Waals surface area contributed by atoms with E-state index in [0.29, 0.717) is 23.4 Å². The zero-order valence-corrected chi connectivity index (χ0v) is 18.3. The molecular weight excluding hydrogens is 420 g/mol. The SMILES string of the molecule is CC(c1c[nH]c2ccccc12)N1CCCC2(C1)NC(=O)c1cc(/C=C/C(=O)NO)ccc1O2. The number of nitrogens with zero attached hydrogens (tertiary/aromatic N) is 1. The minimum Gasteiger partial charge on any atom is -0.466 e. The molecule has 3 aromatic rings. The van der Waals surface area contributed by atoms with Gasteiger partial charge in [0.1, 0.15) is 5.75 Å². The van der Waals surface area contributed by atoms with Crippen LogP contribution in [0.3, 0.4) is 0 Å². The first-order valence-electron chi connectivity index (χ1n) is 11.1. The number of hydrogen-bond acceptors (Lipinski definition) is 5. The number of rotatable bonds is 4. The highest BCUT2D eigenvalue weighted by atomic mass is 16.5. The normalized spacial score (nSPS) is 21.6. The lowest BCUT2D eigenvalue weighted by Gasteiger charge is -2.47. The summed E-state index contributed by atoms with van der Waals surface area (Å²) in [5.41, 5.74) is 4.19. The second-order valence-electron chi connectivity index (χ2n) is 8.66. The van der Waals surface area contributed by atoms with E-state index in [-0.39, 0.29) is 11.9 Å². The third-order valence-corrected chi connectivity index (χ3v) is 6.54. The second kappa shape index (κ2) is 8.38. The van der Waals surface area contributed by atoms with Crippen LogP contribution in [0.4, 0.5) is 0 Å². The quantitative estimate of drug-likeness (QED) is 0.279. The molecule has 0 saturated carbocycles. The van der Waals surface area contributed by atoms with E-state index in [1.807, 2.05) is 12.1 Å². The van der Waals surface area contributed by atoms with Crippen LogP contribution in [-0.4, -0.2) is 45.7 Å². The van der Waals surface area contributed by atoms with Crippen molar-refractivity contribution < 1.29 is 19.5 Å². The molecule has 2 amide bonds. The summed E-state index contributed by atoms with van der Waals surface area (Å²) in [4.78, 5) is 30.0. The molecule has 2 aliphatic heterocycles. The van der Waals surface area contributed by atoms with Crippen LogP contribution in [0.25, 0.3) is 17.0 Å². The molecule has 1 saturated heterocycles. The lowest BCUT2D eigenvalue weighted by molar-refractivity contribution is -0.124. The zero-order valence-electron chi connectivity index (χ0n) is 18.3. The Hall–Kier alpha value is -3.62. The number of ether oxygens (including phenoxy) is 1. The average Bonchev–Trinajstić information content (AvgIpc) is 3.26. The van der Waals surface area contributed by atoms with Crippen LogP contribution in [0.2, 0.25) is 0 Å². The van der Waals surface area contributed by atoms with Gasteiger partial charge >= 0.3 is 0 Å². The third-order valence-electron chi connectivity index (χ3n) is 6.54. The number of nitrogens with one attached hydrogen (secondary N) is 3. The van der Waals surface area contributed by atoms with Crippen LogP contribution in [0.5, 0.6) is 5.75 Å². The molecule has 2 unspecified atom stereocenters. The molecule has 1 fully saturated rings. The van der Waals surface area contributed by atoms with Crippen LogP contribution in [0.15, 0.2) is 54.7 Å². The number of amides is 2.